The van der Waals surface area contributed by atoms with Crippen LogP contribution in [0.2, 0.25) is 0 Å². The van der Waals surface area contributed by atoms with Gasteiger partial charge in [0.05, 0.1) is 13.2 Å². The molecule has 20 heavy (non-hydrogen) atoms. The number of hydrogen-bond donors (Lipinski definition) is 1. The summed E-state index contributed by atoms with van der Waals surface area (Å²) in [6.07, 6.45) is 3.22. The number of ether oxygens (including phenoxy) is 1. The molecule has 2 aromatic carbocycles. The number of rotatable bonds is 7. The molecule has 0 heterocycles. The summed E-state index contributed by atoms with van der Waals surface area (Å²) in [6, 6.07) is 18.4. The lowest BCUT2D eigenvalue weighted by molar-refractivity contribution is 0.155. The van der Waals surface area contributed by atoms with Crippen LogP contribution < -0.4 is 4.74 Å². The molecule has 1 atom stereocenters. The zero-order chi connectivity index (χ0) is 14.2. The monoisotopic (exact) mass is 270 g/mol. The minimum Gasteiger partial charge on any atom is -0.497 e. The first-order chi connectivity index (χ1) is 9.78. The molecule has 2 heteroatoms. The summed E-state index contributed by atoms with van der Waals surface area (Å²) in [7, 11) is 1.67. The molecule has 1 unspecified atom stereocenters. The molecule has 2 aromatic rings. The quantitative estimate of drug-likeness (QED) is 0.832. The minimum absolute atomic E-state index is 0.239. The largest absolute Gasteiger partial charge is 0.497 e. The number of hydrogen-bond acceptors (Lipinski definition) is 2. The molecule has 106 valence electrons. The Labute approximate surface area is 121 Å². The number of aliphatic hydroxyl groups is 1. The van der Waals surface area contributed by atoms with E-state index in [0.29, 0.717) is 0 Å². The molecule has 0 amide bonds. The normalized spacial score (nSPS) is 12.1. The van der Waals surface area contributed by atoms with Gasteiger partial charge in [0.2, 0.25) is 0 Å². The molecule has 0 fully saturated rings. The second-order valence-electron chi connectivity index (χ2n) is 5.06. The van der Waals surface area contributed by atoms with E-state index in [4.69, 9.17) is 4.74 Å². The van der Waals surface area contributed by atoms with Crippen LogP contribution in [-0.4, -0.2) is 18.3 Å². The third-order valence-corrected chi connectivity index (χ3v) is 3.53. The van der Waals surface area contributed by atoms with Crippen LogP contribution in [0.3, 0.4) is 0 Å². The SMILES string of the molecule is COc1ccc(CCC(O)CCc2ccccc2)cc1. The van der Waals surface area contributed by atoms with Gasteiger partial charge in [-0.05, 0) is 48.9 Å². The lowest BCUT2D eigenvalue weighted by Gasteiger charge is -2.11. The van der Waals surface area contributed by atoms with Crippen LogP contribution in [0.25, 0.3) is 0 Å². The number of aliphatic hydroxyl groups excluding tert-OH is 1. The van der Waals surface area contributed by atoms with Crippen LogP contribution in [-0.2, 0) is 12.8 Å². The highest BCUT2D eigenvalue weighted by atomic mass is 16.5. The van der Waals surface area contributed by atoms with Crippen molar-refractivity contribution in [3.8, 4) is 5.75 Å². The first kappa shape index (κ1) is 14.6. The molecule has 2 nitrogen and oxygen atoms in total. The smallest absolute Gasteiger partial charge is 0.118 e. The van der Waals surface area contributed by atoms with E-state index in [1.165, 1.54) is 11.1 Å². The standard InChI is InChI=1S/C18H22O2/c1-20-18-13-9-16(10-14-18)8-12-17(19)11-7-15-5-3-2-4-6-15/h2-6,9-10,13-14,17,19H,7-8,11-12H2,1H3. The van der Waals surface area contributed by atoms with Gasteiger partial charge in [0.25, 0.3) is 0 Å². The highest BCUT2D eigenvalue weighted by Gasteiger charge is 2.05. The molecule has 2 rings (SSSR count). The maximum atomic E-state index is 10.0. The zero-order valence-electron chi connectivity index (χ0n) is 12.0. The summed E-state index contributed by atoms with van der Waals surface area (Å²) >= 11 is 0. The van der Waals surface area contributed by atoms with Crippen LogP contribution in [0.15, 0.2) is 54.6 Å². The van der Waals surface area contributed by atoms with Gasteiger partial charge < -0.3 is 9.84 Å². The van der Waals surface area contributed by atoms with Gasteiger partial charge in [-0.2, -0.15) is 0 Å². The number of methoxy groups -OCH3 is 1. The van der Waals surface area contributed by atoms with E-state index < -0.39 is 0 Å². The van der Waals surface area contributed by atoms with E-state index in [9.17, 15) is 5.11 Å². The zero-order valence-corrected chi connectivity index (χ0v) is 12.0. The van der Waals surface area contributed by atoms with Gasteiger partial charge in [-0.3, -0.25) is 0 Å². The van der Waals surface area contributed by atoms with Gasteiger partial charge in [0.1, 0.15) is 5.75 Å². The van der Waals surface area contributed by atoms with Crippen molar-refractivity contribution in [1.82, 2.24) is 0 Å². The van der Waals surface area contributed by atoms with Crippen LogP contribution in [0.1, 0.15) is 24.0 Å². The van der Waals surface area contributed by atoms with Gasteiger partial charge in [0.15, 0.2) is 0 Å². The molecule has 0 aliphatic carbocycles. The summed E-state index contributed by atoms with van der Waals surface area (Å²) in [5.74, 6) is 0.873. The fourth-order valence-corrected chi connectivity index (χ4v) is 2.25. The minimum atomic E-state index is -0.239. The highest BCUT2D eigenvalue weighted by molar-refractivity contribution is 5.27. The van der Waals surface area contributed by atoms with E-state index >= 15 is 0 Å². The fourth-order valence-electron chi connectivity index (χ4n) is 2.25. The maximum absolute atomic E-state index is 10.0. The van der Waals surface area contributed by atoms with Gasteiger partial charge in [-0.25, -0.2) is 0 Å². The van der Waals surface area contributed by atoms with Crippen molar-refractivity contribution in [2.24, 2.45) is 0 Å². The first-order valence-electron chi connectivity index (χ1n) is 7.13. The van der Waals surface area contributed by atoms with Gasteiger partial charge in [0, 0.05) is 0 Å². The summed E-state index contributed by atoms with van der Waals surface area (Å²) in [5, 5.41) is 10.0. The third-order valence-electron chi connectivity index (χ3n) is 3.53. The van der Waals surface area contributed by atoms with Crippen molar-refractivity contribution in [3.63, 3.8) is 0 Å². The van der Waals surface area contributed by atoms with E-state index in [1.54, 1.807) is 7.11 Å². The summed E-state index contributed by atoms with van der Waals surface area (Å²) in [5.41, 5.74) is 2.53. The molecule has 0 spiro atoms. The molecule has 0 bridgehead atoms. The Bertz CT molecular complexity index is 491. The van der Waals surface area contributed by atoms with Crippen LogP contribution >= 0.6 is 0 Å². The Hall–Kier alpha value is -1.80. The second kappa shape index (κ2) is 7.71. The Balaban J connectivity index is 1.73. The first-order valence-corrected chi connectivity index (χ1v) is 7.13. The molecule has 0 radical (unpaired) electrons. The molecule has 0 aliphatic rings. The molecule has 0 saturated carbocycles. The maximum Gasteiger partial charge on any atom is 0.118 e. The molecular weight excluding hydrogens is 248 g/mol. The average Bonchev–Trinajstić information content (AvgIpc) is 2.52. The summed E-state index contributed by atoms with van der Waals surface area (Å²) in [4.78, 5) is 0. The van der Waals surface area contributed by atoms with E-state index in [-0.39, 0.29) is 6.10 Å². The molecule has 0 aromatic heterocycles. The Morgan fingerprint density at radius 2 is 1.40 bits per heavy atom. The van der Waals surface area contributed by atoms with E-state index in [2.05, 4.69) is 24.3 Å². The lowest BCUT2D eigenvalue weighted by atomic mass is 10.0. The molecule has 1 N–H and O–H groups in total. The topological polar surface area (TPSA) is 29.5 Å². The number of benzene rings is 2. The Morgan fingerprint density at radius 3 is 1.95 bits per heavy atom. The summed E-state index contributed by atoms with van der Waals surface area (Å²) < 4.78 is 5.13. The molecule has 0 aliphatic heterocycles. The average molecular weight is 270 g/mol. The lowest BCUT2D eigenvalue weighted by Crippen LogP contribution is -2.09. The van der Waals surface area contributed by atoms with Crippen LogP contribution in [0.5, 0.6) is 5.75 Å². The predicted molar refractivity (Wildman–Crippen MR) is 82.1 cm³/mol. The highest BCUT2D eigenvalue weighted by Crippen LogP contribution is 2.14. The van der Waals surface area contributed by atoms with E-state index in [1.807, 2.05) is 30.3 Å². The second-order valence-corrected chi connectivity index (χ2v) is 5.06. The van der Waals surface area contributed by atoms with Crippen molar-refractivity contribution >= 4 is 0 Å². The van der Waals surface area contributed by atoms with Gasteiger partial charge >= 0.3 is 0 Å². The van der Waals surface area contributed by atoms with Crippen molar-refractivity contribution in [1.29, 1.82) is 0 Å². The van der Waals surface area contributed by atoms with Crippen LogP contribution in [0, 0.1) is 0 Å². The van der Waals surface area contributed by atoms with Gasteiger partial charge in [-0.15, -0.1) is 0 Å². The van der Waals surface area contributed by atoms with Crippen LogP contribution in [0.4, 0.5) is 0 Å². The van der Waals surface area contributed by atoms with Crippen molar-refractivity contribution in [2.45, 2.75) is 31.8 Å². The number of aryl methyl sites for hydroxylation is 2. The van der Waals surface area contributed by atoms with Crippen molar-refractivity contribution in [3.05, 3.63) is 65.7 Å². The fraction of sp³-hybridized carbons (Fsp3) is 0.333. The predicted octanol–water partition coefficient (Wildman–Crippen LogP) is 3.62. The Kier molecular flexibility index (Phi) is 5.63. The summed E-state index contributed by atoms with van der Waals surface area (Å²) in [6.45, 7) is 0. The Morgan fingerprint density at radius 1 is 0.850 bits per heavy atom. The van der Waals surface area contributed by atoms with Gasteiger partial charge in [-0.1, -0.05) is 42.5 Å². The van der Waals surface area contributed by atoms with Crippen molar-refractivity contribution in [2.75, 3.05) is 7.11 Å². The van der Waals surface area contributed by atoms with E-state index in [0.717, 1.165) is 31.4 Å². The molecular formula is C18H22O2. The third kappa shape index (κ3) is 4.71. The molecule has 0 saturated heterocycles. The van der Waals surface area contributed by atoms with Crippen molar-refractivity contribution < 1.29 is 9.84 Å².